The predicted octanol–water partition coefficient (Wildman–Crippen LogP) is 2.62. The van der Waals surface area contributed by atoms with Crippen LogP contribution in [-0.2, 0) is 0 Å². The second-order valence-electron chi connectivity index (χ2n) is 5.91. The molecule has 0 saturated heterocycles. The van der Waals surface area contributed by atoms with Crippen LogP contribution in [-0.4, -0.2) is 16.5 Å². The first-order valence-corrected chi connectivity index (χ1v) is 6.83. The minimum absolute atomic E-state index is 0.369. The summed E-state index contributed by atoms with van der Waals surface area (Å²) in [5.41, 5.74) is 3.19. The summed E-state index contributed by atoms with van der Waals surface area (Å²) in [4.78, 5) is 8.30. The molecule has 100 valence electrons. The minimum Gasteiger partial charge on any atom is -0.369 e. The summed E-state index contributed by atoms with van der Waals surface area (Å²) in [5.74, 6) is 7.13. The maximum Gasteiger partial charge on any atom is 0.239 e. The number of nitrogens with two attached hydrogens (primary N) is 1. The van der Waals surface area contributed by atoms with Crippen LogP contribution in [0.1, 0.15) is 27.7 Å². The van der Waals surface area contributed by atoms with E-state index in [1.807, 2.05) is 0 Å². The van der Waals surface area contributed by atoms with Crippen LogP contribution < -0.4 is 16.6 Å². The Labute approximate surface area is 116 Å². The van der Waals surface area contributed by atoms with Gasteiger partial charge in [-0.3, -0.25) is 5.43 Å². The first-order chi connectivity index (χ1) is 8.30. The molecule has 0 radical (unpaired) electrons. The van der Waals surface area contributed by atoms with Crippen molar-refractivity contribution in [3.8, 4) is 0 Å². The van der Waals surface area contributed by atoms with Gasteiger partial charge in [0.05, 0.1) is 4.47 Å². The number of hydrogen-bond donors (Lipinski definition) is 3. The molecule has 1 aliphatic rings. The zero-order valence-corrected chi connectivity index (χ0v) is 12.8. The Morgan fingerprint density at radius 3 is 2.44 bits per heavy atom. The van der Waals surface area contributed by atoms with Gasteiger partial charge >= 0.3 is 0 Å². The van der Waals surface area contributed by atoms with Crippen LogP contribution in [0.15, 0.2) is 10.7 Å². The number of aromatic nitrogens is 2. The van der Waals surface area contributed by atoms with Crippen molar-refractivity contribution in [1.82, 2.24) is 9.97 Å². The molecular weight excluding hydrogens is 294 g/mol. The molecule has 1 heterocycles. The normalized spacial score (nSPS) is 20.6. The molecule has 0 aromatic carbocycles. The van der Waals surface area contributed by atoms with Gasteiger partial charge in [-0.25, -0.2) is 10.8 Å². The number of nitrogens with zero attached hydrogens (tertiary/aromatic N) is 2. The number of hydrogen-bond acceptors (Lipinski definition) is 5. The van der Waals surface area contributed by atoms with E-state index >= 15 is 0 Å². The third-order valence-electron chi connectivity index (χ3n) is 4.67. The standard InChI is InChI=1S/C12H20BrN5/c1-11(2)8(12(11,3)4)6-15-9-7(13)5-16-10(17-9)18-14/h5,8H,6,14H2,1-4H3,(H2,15,16,17,18). The Kier molecular flexibility index (Phi) is 3.27. The van der Waals surface area contributed by atoms with Crippen molar-refractivity contribution < 1.29 is 0 Å². The maximum absolute atomic E-state index is 5.31. The summed E-state index contributed by atoms with van der Waals surface area (Å²) < 4.78 is 0.845. The van der Waals surface area contributed by atoms with Crippen LogP contribution in [0.2, 0.25) is 0 Å². The van der Waals surface area contributed by atoms with E-state index in [0.717, 1.165) is 16.8 Å². The molecule has 5 nitrogen and oxygen atoms in total. The number of halogens is 1. The minimum atomic E-state index is 0.369. The van der Waals surface area contributed by atoms with Crippen LogP contribution in [0.4, 0.5) is 11.8 Å². The van der Waals surface area contributed by atoms with Crippen molar-refractivity contribution in [3.63, 3.8) is 0 Å². The number of nitrogens with one attached hydrogen (secondary N) is 2. The molecule has 4 N–H and O–H groups in total. The predicted molar refractivity (Wildman–Crippen MR) is 77.1 cm³/mol. The van der Waals surface area contributed by atoms with Crippen LogP contribution in [0.25, 0.3) is 0 Å². The SMILES string of the molecule is CC1(C)C(CNc2nc(NN)ncc2Br)C1(C)C. The van der Waals surface area contributed by atoms with Gasteiger partial charge in [0.25, 0.3) is 0 Å². The van der Waals surface area contributed by atoms with E-state index in [0.29, 0.717) is 22.7 Å². The molecule has 0 unspecified atom stereocenters. The van der Waals surface area contributed by atoms with Crippen molar-refractivity contribution in [3.05, 3.63) is 10.7 Å². The topological polar surface area (TPSA) is 75.9 Å². The molecule has 0 spiro atoms. The zero-order chi connectivity index (χ0) is 13.6. The van der Waals surface area contributed by atoms with Crippen molar-refractivity contribution in [2.75, 3.05) is 17.3 Å². The van der Waals surface area contributed by atoms with E-state index in [9.17, 15) is 0 Å². The highest BCUT2D eigenvalue weighted by Crippen LogP contribution is 2.68. The van der Waals surface area contributed by atoms with Crippen molar-refractivity contribution >= 4 is 27.7 Å². The largest absolute Gasteiger partial charge is 0.369 e. The quantitative estimate of drug-likeness (QED) is 0.588. The highest BCUT2D eigenvalue weighted by Gasteiger charge is 2.64. The van der Waals surface area contributed by atoms with Crippen LogP contribution in [0.5, 0.6) is 0 Å². The first-order valence-electron chi connectivity index (χ1n) is 6.03. The van der Waals surface area contributed by atoms with Gasteiger partial charge in [0.2, 0.25) is 5.95 Å². The van der Waals surface area contributed by atoms with Gasteiger partial charge in [0.15, 0.2) is 0 Å². The fourth-order valence-corrected chi connectivity index (χ4v) is 2.93. The molecule has 18 heavy (non-hydrogen) atoms. The highest BCUT2D eigenvalue weighted by atomic mass is 79.9. The summed E-state index contributed by atoms with van der Waals surface area (Å²) in [5, 5.41) is 3.37. The van der Waals surface area contributed by atoms with Gasteiger partial charge < -0.3 is 5.32 Å². The summed E-state index contributed by atoms with van der Waals surface area (Å²) in [7, 11) is 0. The van der Waals surface area contributed by atoms with E-state index in [1.54, 1.807) is 6.20 Å². The molecule has 1 aromatic rings. The second-order valence-corrected chi connectivity index (χ2v) is 6.77. The lowest BCUT2D eigenvalue weighted by Crippen LogP contribution is -2.14. The molecule has 1 fully saturated rings. The Morgan fingerprint density at radius 1 is 1.33 bits per heavy atom. The molecule has 2 rings (SSSR count). The average Bonchev–Trinajstić information content (AvgIpc) is 2.69. The van der Waals surface area contributed by atoms with E-state index in [-0.39, 0.29) is 0 Å². The van der Waals surface area contributed by atoms with Crippen LogP contribution in [0, 0.1) is 16.7 Å². The Balaban J connectivity index is 2.04. The molecule has 0 atom stereocenters. The molecule has 0 bridgehead atoms. The number of nitrogen functional groups attached to an aromatic ring is 1. The Bertz CT molecular complexity index is 444. The summed E-state index contributed by atoms with van der Waals surface area (Å²) in [6, 6.07) is 0. The fraction of sp³-hybridized carbons (Fsp3) is 0.667. The zero-order valence-electron chi connectivity index (χ0n) is 11.2. The lowest BCUT2D eigenvalue weighted by Gasteiger charge is -2.09. The van der Waals surface area contributed by atoms with E-state index in [2.05, 4.69) is 64.3 Å². The lowest BCUT2D eigenvalue weighted by molar-refractivity contribution is 0.457. The first kappa shape index (κ1) is 13.5. The smallest absolute Gasteiger partial charge is 0.239 e. The highest BCUT2D eigenvalue weighted by molar-refractivity contribution is 9.10. The molecule has 0 aliphatic heterocycles. The molecule has 1 aliphatic carbocycles. The number of hydrazine groups is 1. The number of rotatable bonds is 4. The van der Waals surface area contributed by atoms with Crippen molar-refractivity contribution in [1.29, 1.82) is 0 Å². The monoisotopic (exact) mass is 313 g/mol. The Hall–Kier alpha value is -0.880. The van der Waals surface area contributed by atoms with Crippen molar-refractivity contribution in [2.24, 2.45) is 22.6 Å². The van der Waals surface area contributed by atoms with Crippen LogP contribution >= 0.6 is 15.9 Å². The van der Waals surface area contributed by atoms with E-state index < -0.39 is 0 Å². The third kappa shape index (κ3) is 2.07. The van der Waals surface area contributed by atoms with Gasteiger partial charge in [-0.1, -0.05) is 27.7 Å². The van der Waals surface area contributed by atoms with Gasteiger partial charge in [-0.05, 0) is 32.7 Å². The van der Waals surface area contributed by atoms with E-state index in [1.165, 1.54) is 0 Å². The molecule has 1 saturated carbocycles. The van der Waals surface area contributed by atoms with Crippen molar-refractivity contribution in [2.45, 2.75) is 27.7 Å². The molecular formula is C12H20BrN5. The van der Waals surface area contributed by atoms with Gasteiger partial charge in [-0.2, -0.15) is 4.98 Å². The molecule has 6 heteroatoms. The van der Waals surface area contributed by atoms with Gasteiger partial charge in [0, 0.05) is 12.7 Å². The second kappa shape index (κ2) is 4.35. The molecule has 0 amide bonds. The maximum atomic E-state index is 5.31. The van der Waals surface area contributed by atoms with Gasteiger partial charge in [-0.15, -0.1) is 0 Å². The summed E-state index contributed by atoms with van der Waals surface area (Å²) in [6.45, 7) is 10.1. The van der Waals surface area contributed by atoms with E-state index in [4.69, 9.17) is 5.84 Å². The molecule has 1 aromatic heterocycles. The fourth-order valence-electron chi connectivity index (χ4n) is 2.60. The van der Waals surface area contributed by atoms with Crippen LogP contribution in [0.3, 0.4) is 0 Å². The summed E-state index contributed by atoms with van der Waals surface area (Å²) >= 11 is 3.43. The number of anilines is 2. The average molecular weight is 314 g/mol. The Morgan fingerprint density at radius 2 is 1.94 bits per heavy atom. The third-order valence-corrected chi connectivity index (χ3v) is 5.25. The lowest BCUT2D eigenvalue weighted by atomic mass is 10.0. The van der Waals surface area contributed by atoms with Gasteiger partial charge in [0.1, 0.15) is 5.82 Å². The summed E-state index contributed by atoms with van der Waals surface area (Å²) in [6.07, 6.45) is 1.69.